The van der Waals surface area contributed by atoms with E-state index in [2.05, 4.69) is 15.5 Å². The van der Waals surface area contributed by atoms with Crippen LogP contribution >= 0.6 is 0 Å². The van der Waals surface area contributed by atoms with Crippen molar-refractivity contribution in [3.8, 4) is 11.1 Å². The summed E-state index contributed by atoms with van der Waals surface area (Å²) in [6, 6.07) is 23.0. The Labute approximate surface area is 163 Å². The Balaban J connectivity index is 1.81. The van der Waals surface area contributed by atoms with Gasteiger partial charge in [-0.2, -0.15) is 10.2 Å². The maximum Gasteiger partial charge on any atom is 0.228 e. The van der Waals surface area contributed by atoms with Gasteiger partial charge in [-0.1, -0.05) is 54.6 Å². The number of rotatable bonds is 6. The van der Waals surface area contributed by atoms with E-state index in [0.29, 0.717) is 5.69 Å². The van der Waals surface area contributed by atoms with Crippen LogP contribution in [0.2, 0.25) is 0 Å². The van der Waals surface area contributed by atoms with Gasteiger partial charge < -0.3 is 17.0 Å². The summed E-state index contributed by atoms with van der Waals surface area (Å²) in [5.74, 6) is 10.3. The Morgan fingerprint density at radius 1 is 0.857 bits per heavy atom. The highest BCUT2D eigenvalue weighted by Crippen LogP contribution is 2.25. The lowest BCUT2D eigenvalue weighted by Gasteiger charge is -2.11. The Hall–Kier alpha value is -3.93. The van der Waals surface area contributed by atoms with E-state index in [-0.39, 0.29) is 12.3 Å². The molecule has 3 rings (SSSR count). The van der Waals surface area contributed by atoms with Crippen LogP contribution in [0.5, 0.6) is 0 Å². The zero-order valence-corrected chi connectivity index (χ0v) is 15.2. The van der Waals surface area contributed by atoms with Crippen LogP contribution in [0, 0.1) is 0 Å². The average Bonchev–Trinajstić information content (AvgIpc) is 2.69. The molecule has 3 aromatic rings. The summed E-state index contributed by atoms with van der Waals surface area (Å²) in [6.45, 7) is 0. The minimum atomic E-state index is -0.103. The molecule has 0 spiro atoms. The Kier molecular flexibility index (Phi) is 6.15. The van der Waals surface area contributed by atoms with E-state index in [1.807, 2.05) is 72.8 Å². The molecule has 0 saturated heterocycles. The molecule has 0 aliphatic rings. The lowest BCUT2D eigenvalue weighted by Crippen LogP contribution is -2.15. The van der Waals surface area contributed by atoms with Gasteiger partial charge in [-0.3, -0.25) is 4.79 Å². The second kappa shape index (κ2) is 9.14. The van der Waals surface area contributed by atoms with Crippen molar-refractivity contribution in [1.82, 2.24) is 0 Å². The zero-order chi connectivity index (χ0) is 19.8. The summed E-state index contributed by atoms with van der Waals surface area (Å²) in [5.41, 5.74) is 5.34. The highest BCUT2D eigenvalue weighted by atomic mass is 16.1. The van der Waals surface area contributed by atoms with Gasteiger partial charge >= 0.3 is 0 Å². The summed E-state index contributed by atoms with van der Waals surface area (Å²) in [5, 5.41) is 10.00. The van der Waals surface area contributed by atoms with Crippen molar-refractivity contribution in [1.29, 1.82) is 0 Å². The van der Waals surface area contributed by atoms with Gasteiger partial charge in [-0.05, 0) is 46.0 Å². The van der Waals surface area contributed by atoms with Gasteiger partial charge in [0.15, 0.2) is 0 Å². The fourth-order valence-corrected chi connectivity index (χ4v) is 2.99. The molecule has 0 atom stereocenters. The molecule has 6 heteroatoms. The fraction of sp³-hybridized carbons (Fsp3) is 0.0455. The fourth-order valence-electron chi connectivity index (χ4n) is 2.99. The predicted octanol–water partition coefficient (Wildman–Crippen LogP) is 3.12. The first-order valence-corrected chi connectivity index (χ1v) is 8.74. The topological polar surface area (TPSA) is 106 Å². The van der Waals surface area contributed by atoms with Crippen molar-refractivity contribution >= 4 is 24.0 Å². The van der Waals surface area contributed by atoms with Crippen LogP contribution in [0.4, 0.5) is 5.69 Å². The summed E-state index contributed by atoms with van der Waals surface area (Å²) in [6.07, 6.45) is 3.37. The van der Waals surface area contributed by atoms with Crippen molar-refractivity contribution in [3.63, 3.8) is 0 Å². The molecule has 0 radical (unpaired) electrons. The second-order valence-corrected chi connectivity index (χ2v) is 6.19. The third-order valence-electron chi connectivity index (χ3n) is 4.18. The number of nitrogens with zero attached hydrogens (tertiary/aromatic N) is 2. The number of hydrogen-bond acceptors (Lipinski definition) is 5. The van der Waals surface area contributed by atoms with E-state index in [0.717, 1.165) is 27.8 Å². The number of nitrogens with two attached hydrogens (primary N) is 2. The van der Waals surface area contributed by atoms with Crippen LogP contribution < -0.4 is 17.0 Å². The molecule has 3 aromatic carbocycles. The normalized spacial score (nSPS) is 11.1. The highest BCUT2D eigenvalue weighted by molar-refractivity contribution is 5.94. The first-order valence-electron chi connectivity index (χ1n) is 8.74. The molecular formula is C22H21N5O. The lowest BCUT2D eigenvalue weighted by atomic mass is 9.96. The monoisotopic (exact) mass is 371 g/mol. The SMILES string of the molecule is NN=Cc1cccc(NC(=O)Cc2ccccc2-c2cccc(C=NN)c2)c1. The quantitative estimate of drug-likeness (QED) is 0.352. The molecule has 140 valence electrons. The molecule has 28 heavy (non-hydrogen) atoms. The summed E-state index contributed by atoms with van der Waals surface area (Å²) in [7, 11) is 0. The molecule has 0 aliphatic carbocycles. The maximum absolute atomic E-state index is 12.6. The van der Waals surface area contributed by atoms with Gasteiger partial charge in [0.2, 0.25) is 5.91 Å². The maximum atomic E-state index is 12.6. The molecule has 0 heterocycles. The van der Waals surface area contributed by atoms with Crippen molar-refractivity contribution < 1.29 is 4.79 Å². The number of benzene rings is 3. The molecule has 0 bridgehead atoms. The molecule has 6 nitrogen and oxygen atoms in total. The first kappa shape index (κ1) is 18.8. The minimum Gasteiger partial charge on any atom is -0.326 e. The number of nitrogens with one attached hydrogen (secondary N) is 1. The van der Waals surface area contributed by atoms with Crippen molar-refractivity contribution in [2.45, 2.75) is 6.42 Å². The van der Waals surface area contributed by atoms with Crippen LogP contribution in [-0.2, 0) is 11.2 Å². The predicted molar refractivity (Wildman–Crippen MR) is 114 cm³/mol. The van der Waals surface area contributed by atoms with Crippen molar-refractivity contribution in [3.05, 3.63) is 89.5 Å². The van der Waals surface area contributed by atoms with E-state index in [9.17, 15) is 4.79 Å². The van der Waals surface area contributed by atoms with Crippen LogP contribution in [0.15, 0.2) is 83.0 Å². The zero-order valence-electron chi connectivity index (χ0n) is 15.2. The summed E-state index contributed by atoms with van der Waals surface area (Å²) in [4.78, 5) is 12.6. The van der Waals surface area contributed by atoms with Crippen LogP contribution in [0.25, 0.3) is 11.1 Å². The first-order chi connectivity index (χ1) is 13.7. The number of amides is 1. The molecule has 0 aromatic heterocycles. The Morgan fingerprint density at radius 2 is 1.54 bits per heavy atom. The van der Waals surface area contributed by atoms with E-state index < -0.39 is 0 Å². The van der Waals surface area contributed by atoms with Crippen molar-refractivity contribution in [2.75, 3.05) is 5.32 Å². The molecule has 0 saturated carbocycles. The van der Waals surface area contributed by atoms with Crippen LogP contribution in [0.1, 0.15) is 16.7 Å². The number of carbonyl (C=O) groups excluding carboxylic acids is 1. The highest BCUT2D eigenvalue weighted by Gasteiger charge is 2.10. The van der Waals surface area contributed by atoms with E-state index in [4.69, 9.17) is 11.7 Å². The number of carbonyl (C=O) groups is 1. The van der Waals surface area contributed by atoms with E-state index in [1.165, 1.54) is 6.21 Å². The van der Waals surface area contributed by atoms with Gasteiger partial charge in [0.05, 0.1) is 18.9 Å². The number of anilines is 1. The van der Waals surface area contributed by atoms with Crippen molar-refractivity contribution in [2.24, 2.45) is 21.9 Å². The third kappa shape index (κ3) is 4.82. The summed E-state index contributed by atoms with van der Waals surface area (Å²) < 4.78 is 0. The average molecular weight is 371 g/mol. The standard InChI is InChI=1S/C22H21N5O/c23-25-14-16-5-3-8-18(11-16)21-10-2-1-7-19(21)13-22(28)27-20-9-4-6-17(12-20)15-26-24/h1-12,14-15H,13,23-24H2,(H,27,28). The molecule has 0 fully saturated rings. The summed E-state index contributed by atoms with van der Waals surface area (Å²) >= 11 is 0. The van der Waals surface area contributed by atoms with Gasteiger partial charge in [0.1, 0.15) is 0 Å². The third-order valence-corrected chi connectivity index (χ3v) is 4.18. The molecular weight excluding hydrogens is 350 g/mol. The number of hydrogen-bond donors (Lipinski definition) is 3. The van der Waals surface area contributed by atoms with Crippen LogP contribution in [-0.4, -0.2) is 18.3 Å². The second-order valence-electron chi connectivity index (χ2n) is 6.19. The smallest absolute Gasteiger partial charge is 0.228 e. The molecule has 0 unspecified atom stereocenters. The number of hydrazone groups is 2. The largest absolute Gasteiger partial charge is 0.326 e. The lowest BCUT2D eigenvalue weighted by molar-refractivity contribution is -0.115. The van der Waals surface area contributed by atoms with Crippen LogP contribution in [0.3, 0.4) is 0 Å². The Morgan fingerprint density at radius 3 is 2.29 bits per heavy atom. The van der Waals surface area contributed by atoms with E-state index in [1.54, 1.807) is 6.21 Å². The minimum absolute atomic E-state index is 0.103. The molecule has 1 amide bonds. The van der Waals surface area contributed by atoms with Gasteiger partial charge in [-0.25, -0.2) is 0 Å². The molecule has 0 aliphatic heterocycles. The van der Waals surface area contributed by atoms with Gasteiger partial charge in [-0.15, -0.1) is 0 Å². The van der Waals surface area contributed by atoms with E-state index >= 15 is 0 Å². The van der Waals surface area contributed by atoms with Gasteiger partial charge in [0.25, 0.3) is 0 Å². The Bertz CT molecular complexity index is 1030. The molecule has 5 N–H and O–H groups in total. The van der Waals surface area contributed by atoms with Gasteiger partial charge in [0, 0.05) is 5.69 Å².